The zero-order valence-corrected chi connectivity index (χ0v) is 15.4. The van der Waals surface area contributed by atoms with Gasteiger partial charge in [0.1, 0.15) is 0 Å². The molecule has 3 rings (SSSR count). The minimum atomic E-state index is -3.45. The summed E-state index contributed by atoms with van der Waals surface area (Å²) < 4.78 is 27.1. The molecular formula is C18H27N3O3S. The molecule has 1 aliphatic heterocycles. The second-order valence-electron chi connectivity index (χ2n) is 7.16. The Labute approximate surface area is 149 Å². The monoisotopic (exact) mass is 365 g/mol. The molecule has 0 unspecified atom stereocenters. The van der Waals surface area contributed by atoms with Crippen molar-refractivity contribution in [1.29, 1.82) is 0 Å². The standard InChI is InChI=1S/C18H27N3O3S/c19-18(9-2-3-10-18)17(22)20-14-15-7-6-8-16(13-15)25(23,24)21-11-4-1-5-12-21/h6-8,13H,1-5,9-12,14,19H2,(H,20,22). The lowest BCUT2D eigenvalue weighted by Gasteiger charge is -2.26. The molecular weight excluding hydrogens is 338 g/mol. The first-order chi connectivity index (χ1) is 11.9. The van der Waals surface area contributed by atoms with Crippen molar-refractivity contribution in [1.82, 2.24) is 9.62 Å². The fraction of sp³-hybridized carbons (Fsp3) is 0.611. The van der Waals surface area contributed by atoms with Gasteiger partial charge in [0, 0.05) is 19.6 Å². The Balaban J connectivity index is 1.68. The van der Waals surface area contributed by atoms with Crippen LogP contribution in [0.1, 0.15) is 50.5 Å². The zero-order valence-electron chi connectivity index (χ0n) is 14.5. The van der Waals surface area contributed by atoms with Crippen LogP contribution in [-0.4, -0.2) is 37.3 Å². The highest BCUT2D eigenvalue weighted by molar-refractivity contribution is 7.89. The van der Waals surface area contributed by atoms with Crippen molar-refractivity contribution in [3.05, 3.63) is 29.8 Å². The van der Waals surface area contributed by atoms with Gasteiger partial charge in [0.15, 0.2) is 0 Å². The Bertz CT molecular complexity index is 721. The van der Waals surface area contributed by atoms with Gasteiger partial charge in [0.25, 0.3) is 0 Å². The largest absolute Gasteiger partial charge is 0.350 e. The molecule has 0 spiro atoms. The quantitative estimate of drug-likeness (QED) is 0.831. The molecule has 1 saturated heterocycles. The third-order valence-corrected chi connectivity index (χ3v) is 7.15. The number of nitrogens with zero attached hydrogens (tertiary/aromatic N) is 1. The van der Waals surface area contributed by atoms with E-state index in [-0.39, 0.29) is 5.91 Å². The Morgan fingerprint density at radius 3 is 2.48 bits per heavy atom. The topological polar surface area (TPSA) is 92.5 Å². The molecule has 0 radical (unpaired) electrons. The molecule has 1 aromatic carbocycles. The molecule has 0 aromatic heterocycles. The first kappa shape index (κ1) is 18.4. The highest BCUT2D eigenvalue weighted by Crippen LogP contribution is 2.27. The lowest BCUT2D eigenvalue weighted by atomic mass is 9.98. The Morgan fingerprint density at radius 2 is 1.80 bits per heavy atom. The van der Waals surface area contributed by atoms with Crippen LogP contribution in [0, 0.1) is 0 Å². The van der Waals surface area contributed by atoms with Gasteiger partial charge in [-0.1, -0.05) is 31.4 Å². The number of hydrogen-bond acceptors (Lipinski definition) is 4. The third kappa shape index (κ3) is 4.04. The van der Waals surface area contributed by atoms with E-state index in [4.69, 9.17) is 5.73 Å². The number of carbonyl (C=O) groups excluding carboxylic acids is 1. The van der Waals surface area contributed by atoms with Gasteiger partial charge in [0.2, 0.25) is 15.9 Å². The van der Waals surface area contributed by atoms with E-state index in [2.05, 4.69) is 5.32 Å². The van der Waals surface area contributed by atoms with Crippen LogP contribution in [0.5, 0.6) is 0 Å². The van der Waals surface area contributed by atoms with Crippen LogP contribution in [0.15, 0.2) is 29.2 Å². The van der Waals surface area contributed by atoms with E-state index >= 15 is 0 Å². The minimum absolute atomic E-state index is 0.144. The predicted molar refractivity (Wildman–Crippen MR) is 96.3 cm³/mol. The van der Waals surface area contributed by atoms with Crippen LogP contribution in [0.3, 0.4) is 0 Å². The number of nitrogens with one attached hydrogen (secondary N) is 1. The number of benzene rings is 1. The van der Waals surface area contributed by atoms with E-state index in [9.17, 15) is 13.2 Å². The summed E-state index contributed by atoms with van der Waals surface area (Å²) in [4.78, 5) is 12.6. The molecule has 7 heteroatoms. The first-order valence-corrected chi connectivity index (χ1v) is 10.5. The second kappa shape index (κ2) is 7.43. The van der Waals surface area contributed by atoms with E-state index in [1.165, 1.54) is 0 Å². The number of rotatable bonds is 5. The molecule has 2 fully saturated rings. The number of nitrogens with two attached hydrogens (primary N) is 1. The van der Waals surface area contributed by atoms with Gasteiger partial charge in [-0.2, -0.15) is 4.31 Å². The Morgan fingerprint density at radius 1 is 1.12 bits per heavy atom. The molecule has 1 heterocycles. The average molecular weight is 365 g/mol. The van der Waals surface area contributed by atoms with E-state index < -0.39 is 15.6 Å². The van der Waals surface area contributed by atoms with Crippen LogP contribution in [0.2, 0.25) is 0 Å². The number of sulfonamides is 1. The number of hydrogen-bond donors (Lipinski definition) is 2. The summed E-state index contributed by atoms with van der Waals surface area (Å²) in [5.41, 5.74) is 6.15. The van der Waals surface area contributed by atoms with Crippen molar-refractivity contribution >= 4 is 15.9 Å². The summed E-state index contributed by atoms with van der Waals surface area (Å²) in [7, 11) is -3.45. The SMILES string of the molecule is NC1(C(=O)NCc2cccc(S(=O)(=O)N3CCCCC3)c2)CCCC1. The molecule has 1 aromatic rings. The van der Waals surface area contributed by atoms with E-state index in [1.54, 1.807) is 22.5 Å². The minimum Gasteiger partial charge on any atom is -0.350 e. The van der Waals surface area contributed by atoms with Crippen molar-refractivity contribution in [2.75, 3.05) is 13.1 Å². The molecule has 3 N–H and O–H groups in total. The van der Waals surface area contributed by atoms with Crippen LogP contribution < -0.4 is 11.1 Å². The van der Waals surface area contributed by atoms with Crippen molar-refractivity contribution in [2.24, 2.45) is 5.73 Å². The van der Waals surface area contributed by atoms with Crippen molar-refractivity contribution in [2.45, 2.75) is 61.9 Å². The van der Waals surface area contributed by atoms with Gasteiger partial charge < -0.3 is 11.1 Å². The molecule has 0 bridgehead atoms. The van der Waals surface area contributed by atoms with Crippen LogP contribution in [0.25, 0.3) is 0 Å². The summed E-state index contributed by atoms with van der Waals surface area (Å²) in [6.07, 6.45) is 6.28. The lowest BCUT2D eigenvalue weighted by Crippen LogP contribution is -2.51. The maximum absolute atomic E-state index is 12.8. The fourth-order valence-electron chi connectivity index (χ4n) is 3.66. The smallest absolute Gasteiger partial charge is 0.243 e. The van der Waals surface area contributed by atoms with Crippen molar-refractivity contribution < 1.29 is 13.2 Å². The Kier molecular flexibility index (Phi) is 5.46. The highest BCUT2D eigenvalue weighted by Gasteiger charge is 2.36. The van der Waals surface area contributed by atoms with E-state index in [0.717, 1.165) is 37.7 Å². The van der Waals surface area contributed by atoms with Crippen LogP contribution in [0.4, 0.5) is 0 Å². The molecule has 1 aliphatic carbocycles. The lowest BCUT2D eigenvalue weighted by molar-refractivity contribution is -0.126. The highest BCUT2D eigenvalue weighted by atomic mass is 32.2. The number of amides is 1. The normalized spacial score (nSPS) is 21.2. The molecule has 138 valence electrons. The number of carbonyl (C=O) groups is 1. The Hall–Kier alpha value is -1.44. The zero-order chi connectivity index (χ0) is 17.9. The molecule has 6 nitrogen and oxygen atoms in total. The molecule has 0 atom stereocenters. The predicted octanol–water partition coefficient (Wildman–Crippen LogP) is 1.75. The average Bonchev–Trinajstić information content (AvgIpc) is 3.08. The summed E-state index contributed by atoms with van der Waals surface area (Å²) in [5.74, 6) is -0.144. The van der Waals surface area contributed by atoms with Crippen molar-refractivity contribution in [3.63, 3.8) is 0 Å². The molecule has 25 heavy (non-hydrogen) atoms. The number of piperidine rings is 1. The molecule has 1 amide bonds. The van der Waals surface area contributed by atoms with Gasteiger partial charge in [-0.25, -0.2) is 8.42 Å². The van der Waals surface area contributed by atoms with E-state index in [0.29, 0.717) is 37.4 Å². The second-order valence-corrected chi connectivity index (χ2v) is 9.10. The third-order valence-electron chi connectivity index (χ3n) is 5.25. The van der Waals surface area contributed by atoms with Crippen LogP contribution >= 0.6 is 0 Å². The maximum Gasteiger partial charge on any atom is 0.243 e. The van der Waals surface area contributed by atoms with E-state index in [1.807, 2.05) is 6.07 Å². The fourth-order valence-corrected chi connectivity index (χ4v) is 5.25. The van der Waals surface area contributed by atoms with Crippen LogP contribution in [-0.2, 0) is 21.4 Å². The summed E-state index contributed by atoms with van der Waals surface area (Å²) in [5, 5.41) is 2.87. The summed E-state index contributed by atoms with van der Waals surface area (Å²) in [6.45, 7) is 1.46. The van der Waals surface area contributed by atoms with Gasteiger partial charge in [0.05, 0.1) is 10.4 Å². The molecule has 1 saturated carbocycles. The van der Waals surface area contributed by atoms with Crippen molar-refractivity contribution in [3.8, 4) is 0 Å². The summed E-state index contributed by atoms with van der Waals surface area (Å²) in [6, 6.07) is 6.83. The molecule has 2 aliphatic rings. The first-order valence-electron chi connectivity index (χ1n) is 9.08. The maximum atomic E-state index is 12.8. The van der Waals surface area contributed by atoms with Gasteiger partial charge in [-0.3, -0.25) is 4.79 Å². The van der Waals surface area contributed by atoms with Gasteiger partial charge in [-0.05, 0) is 43.4 Å². The van der Waals surface area contributed by atoms with Gasteiger partial charge in [-0.15, -0.1) is 0 Å². The summed E-state index contributed by atoms with van der Waals surface area (Å²) >= 11 is 0. The van der Waals surface area contributed by atoms with Gasteiger partial charge >= 0.3 is 0 Å².